The van der Waals surface area contributed by atoms with Gasteiger partial charge in [0.05, 0.1) is 6.61 Å². The van der Waals surface area contributed by atoms with Crippen LogP contribution in [0.4, 0.5) is 5.00 Å². The van der Waals surface area contributed by atoms with E-state index in [0.717, 1.165) is 5.56 Å². The van der Waals surface area contributed by atoms with Crippen molar-refractivity contribution in [2.75, 3.05) is 18.7 Å². The first-order chi connectivity index (χ1) is 14.1. The summed E-state index contributed by atoms with van der Waals surface area (Å²) in [7, 11) is 0. The molecule has 8 heteroatoms. The Kier molecular flexibility index (Phi) is 5.42. The fourth-order valence-electron chi connectivity index (χ4n) is 2.91. The van der Waals surface area contributed by atoms with Crippen LogP contribution in [0.3, 0.4) is 0 Å². The maximum atomic E-state index is 12.8. The van der Waals surface area contributed by atoms with Gasteiger partial charge < -0.3 is 19.5 Å². The second-order valence-electron chi connectivity index (χ2n) is 6.10. The van der Waals surface area contributed by atoms with Gasteiger partial charge in [0.2, 0.25) is 6.79 Å². The van der Waals surface area contributed by atoms with E-state index in [1.54, 1.807) is 37.3 Å². The van der Waals surface area contributed by atoms with E-state index in [1.165, 1.54) is 11.3 Å². The Morgan fingerprint density at radius 1 is 1.14 bits per heavy atom. The van der Waals surface area contributed by atoms with Crippen LogP contribution in [0.15, 0.2) is 47.8 Å². The number of amides is 1. The van der Waals surface area contributed by atoms with E-state index in [4.69, 9.17) is 25.8 Å². The van der Waals surface area contributed by atoms with E-state index in [1.807, 2.05) is 17.5 Å². The highest BCUT2D eigenvalue weighted by Crippen LogP contribution is 2.37. The lowest BCUT2D eigenvalue weighted by atomic mass is 10.0. The van der Waals surface area contributed by atoms with Crippen LogP contribution >= 0.6 is 22.9 Å². The largest absolute Gasteiger partial charge is 0.462 e. The molecule has 2 heterocycles. The van der Waals surface area contributed by atoms with Crippen molar-refractivity contribution in [3.8, 4) is 22.6 Å². The van der Waals surface area contributed by atoms with Gasteiger partial charge in [0.25, 0.3) is 5.91 Å². The molecule has 0 atom stereocenters. The lowest BCUT2D eigenvalue weighted by Gasteiger charge is -2.09. The van der Waals surface area contributed by atoms with Gasteiger partial charge in [-0.3, -0.25) is 4.79 Å². The Balaban J connectivity index is 1.67. The number of thiophene rings is 1. The molecule has 1 aromatic heterocycles. The van der Waals surface area contributed by atoms with E-state index in [-0.39, 0.29) is 19.3 Å². The second kappa shape index (κ2) is 8.14. The SMILES string of the molecule is CCOC(=O)c1c(-c2ccc(Cl)cc2)csc1NC(=O)c1ccc2c(c1)OCO2. The molecule has 2 aromatic carbocycles. The third-order valence-electron chi connectivity index (χ3n) is 4.29. The number of hydrogen-bond acceptors (Lipinski definition) is 6. The molecule has 0 unspecified atom stereocenters. The summed E-state index contributed by atoms with van der Waals surface area (Å²) in [6, 6.07) is 12.0. The highest BCUT2D eigenvalue weighted by atomic mass is 35.5. The zero-order chi connectivity index (χ0) is 20.4. The normalized spacial score (nSPS) is 11.9. The predicted molar refractivity (Wildman–Crippen MR) is 111 cm³/mol. The molecule has 4 rings (SSSR count). The van der Waals surface area contributed by atoms with Crippen LogP contribution in [-0.4, -0.2) is 25.3 Å². The summed E-state index contributed by atoms with van der Waals surface area (Å²) in [5.74, 6) is 0.240. The monoisotopic (exact) mass is 429 g/mol. The molecule has 6 nitrogen and oxygen atoms in total. The predicted octanol–water partition coefficient (Wildman–Crippen LogP) is 5.23. The molecule has 0 saturated carbocycles. The van der Waals surface area contributed by atoms with Gasteiger partial charge in [-0.1, -0.05) is 23.7 Å². The van der Waals surface area contributed by atoms with Crippen LogP contribution in [0.25, 0.3) is 11.1 Å². The first-order valence-corrected chi connectivity index (χ1v) is 10.1. The van der Waals surface area contributed by atoms with Crippen molar-refractivity contribution < 1.29 is 23.8 Å². The lowest BCUT2D eigenvalue weighted by molar-refractivity contribution is 0.0529. The third-order valence-corrected chi connectivity index (χ3v) is 5.44. The molecule has 0 aliphatic carbocycles. The second-order valence-corrected chi connectivity index (χ2v) is 7.42. The third kappa shape index (κ3) is 3.92. The Labute approximate surface area is 176 Å². The van der Waals surface area contributed by atoms with Crippen molar-refractivity contribution in [3.63, 3.8) is 0 Å². The standard InChI is InChI=1S/C21H16ClNO5S/c1-2-26-21(25)18-15(12-3-6-14(22)7-4-12)10-29-20(18)23-19(24)13-5-8-16-17(9-13)28-11-27-16/h3-10H,2,11H2,1H3,(H,23,24). The Morgan fingerprint density at radius 2 is 1.90 bits per heavy atom. The lowest BCUT2D eigenvalue weighted by Crippen LogP contribution is -2.14. The Morgan fingerprint density at radius 3 is 2.66 bits per heavy atom. The number of fused-ring (bicyclic) bond motifs is 1. The molecule has 148 valence electrons. The zero-order valence-electron chi connectivity index (χ0n) is 15.4. The number of benzene rings is 2. The van der Waals surface area contributed by atoms with Crippen molar-refractivity contribution in [1.82, 2.24) is 0 Å². The van der Waals surface area contributed by atoms with Gasteiger partial charge in [0.1, 0.15) is 10.6 Å². The number of anilines is 1. The zero-order valence-corrected chi connectivity index (χ0v) is 16.9. The van der Waals surface area contributed by atoms with Crippen LogP contribution in [0.2, 0.25) is 5.02 Å². The molecule has 29 heavy (non-hydrogen) atoms. The average molecular weight is 430 g/mol. The number of carbonyl (C=O) groups is 2. The molecule has 0 saturated heterocycles. The van der Waals surface area contributed by atoms with Crippen LogP contribution in [-0.2, 0) is 4.74 Å². The van der Waals surface area contributed by atoms with E-state index in [0.29, 0.717) is 38.2 Å². The van der Waals surface area contributed by atoms with Crippen molar-refractivity contribution in [2.24, 2.45) is 0 Å². The maximum Gasteiger partial charge on any atom is 0.341 e. The topological polar surface area (TPSA) is 73.9 Å². The Hall–Kier alpha value is -3.03. The summed E-state index contributed by atoms with van der Waals surface area (Å²) in [6.07, 6.45) is 0. The average Bonchev–Trinajstić information content (AvgIpc) is 3.35. The fraction of sp³-hybridized carbons (Fsp3) is 0.143. The molecular formula is C21H16ClNO5S. The van der Waals surface area contributed by atoms with Gasteiger partial charge in [0.15, 0.2) is 11.5 Å². The number of esters is 1. The first-order valence-electron chi connectivity index (χ1n) is 8.82. The molecule has 0 fully saturated rings. The summed E-state index contributed by atoms with van der Waals surface area (Å²) >= 11 is 7.22. The summed E-state index contributed by atoms with van der Waals surface area (Å²) in [4.78, 5) is 25.4. The minimum absolute atomic E-state index is 0.128. The number of halogens is 1. The van der Waals surface area contributed by atoms with Gasteiger partial charge >= 0.3 is 5.97 Å². The van der Waals surface area contributed by atoms with Crippen molar-refractivity contribution >= 4 is 39.8 Å². The molecule has 1 aliphatic heterocycles. The minimum atomic E-state index is -0.500. The molecule has 1 aliphatic rings. The van der Waals surface area contributed by atoms with E-state index < -0.39 is 5.97 Å². The molecule has 0 spiro atoms. The number of rotatable bonds is 5. The Bertz CT molecular complexity index is 1080. The van der Waals surface area contributed by atoms with Crippen molar-refractivity contribution in [3.05, 3.63) is 64.0 Å². The van der Waals surface area contributed by atoms with E-state index in [9.17, 15) is 9.59 Å². The van der Waals surface area contributed by atoms with Crippen molar-refractivity contribution in [1.29, 1.82) is 0 Å². The minimum Gasteiger partial charge on any atom is -0.462 e. The van der Waals surface area contributed by atoms with Gasteiger partial charge in [-0.2, -0.15) is 0 Å². The summed E-state index contributed by atoms with van der Waals surface area (Å²) < 4.78 is 15.8. The van der Waals surface area contributed by atoms with Crippen LogP contribution in [0.5, 0.6) is 11.5 Å². The molecular weight excluding hydrogens is 414 g/mol. The molecule has 0 bridgehead atoms. The summed E-state index contributed by atoms with van der Waals surface area (Å²) in [6.45, 7) is 2.09. The smallest absolute Gasteiger partial charge is 0.341 e. The van der Waals surface area contributed by atoms with Crippen molar-refractivity contribution in [2.45, 2.75) is 6.92 Å². The first kappa shape index (κ1) is 19.3. The fourth-order valence-corrected chi connectivity index (χ4v) is 3.99. The van der Waals surface area contributed by atoms with Crippen LogP contribution in [0, 0.1) is 0 Å². The van der Waals surface area contributed by atoms with Gasteiger partial charge in [0, 0.05) is 21.5 Å². The highest BCUT2D eigenvalue weighted by Gasteiger charge is 2.24. The summed E-state index contributed by atoms with van der Waals surface area (Å²) in [5.41, 5.74) is 2.18. The van der Waals surface area contributed by atoms with Gasteiger partial charge in [-0.25, -0.2) is 4.79 Å². The van der Waals surface area contributed by atoms with Gasteiger partial charge in [-0.05, 0) is 42.8 Å². The number of ether oxygens (including phenoxy) is 3. The van der Waals surface area contributed by atoms with Crippen LogP contribution < -0.4 is 14.8 Å². The quantitative estimate of drug-likeness (QED) is 0.562. The number of nitrogens with one attached hydrogen (secondary N) is 1. The molecule has 3 aromatic rings. The highest BCUT2D eigenvalue weighted by molar-refractivity contribution is 7.15. The van der Waals surface area contributed by atoms with Gasteiger partial charge in [-0.15, -0.1) is 11.3 Å². The van der Waals surface area contributed by atoms with Crippen LogP contribution in [0.1, 0.15) is 27.6 Å². The molecule has 0 radical (unpaired) electrons. The van der Waals surface area contributed by atoms with E-state index >= 15 is 0 Å². The van der Waals surface area contributed by atoms with E-state index in [2.05, 4.69) is 5.32 Å². The number of carbonyl (C=O) groups excluding carboxylic acids is 2. The number of hydrogen-bond donors (Lipinski definition) is 1. The summed E-state index contributed by atoms with van der Waals surface area (Å²) in [5, 5.41) is 5.63. The molecule has 1 N–H and O–H groups in total. The maximum absolute atomic E-state index is 12.8. The molecule has 1 amide bonds.